The number of ether oxygens (including phenoxy) is 2. The van der Waals surface area contributed by atoms with Crippen LogP contribution in [-0.4, -0.2) is 28.0 Å². The maximum absolute atomic E-state index is 12.8. The molecule has 0 radical (unpaired) electrons. The number of hydrogen-bond acceptors (Lipinski definition) is 5. The van der Waals surface area contributed by atoms with Gasteiger partial charge in [0.05, 0.1) is 17.7 Å². The largest absolute Gasteiger partial charge is 0.495 e. The molecule has 30 heavy (non-hydrogen) atoms. The van der Waals surface area contributed by atoms with Crippen LogP contribution in [0.3, 0.4) is 0 Å². The first-order valence-electron chi connectivity index (χ1n) is 9.13. The van der Waals surface area contributed by atoms with Crippen molar-refractivity contribution in [3.63, 3.8) is 0 Å². The molecule has 0 saturated heterocycles. The summed E-state index contributed by atoms with van der Waals surface area (Å²) in [6.45, 7) is 1.69. The molecule has 3 rings (SSSR count). The van der Waals surface area contributed by atoms with Crippen molar-refractivity contribution in [1.29, 1.82) is 0 Å². The van der Waals surface area contributed by atoms with Gasteiger partial charge in [-0.2, -0.15) is 0 Å². The summed E-state index contributed by atoms with van der Waals surface area (Å²) >= 11 is 0. The molecule has 0 aliphatic rings. The van der Waals surface area contributed by atoms with Crippen LogP contribution in [-0.2, 0) is 14.8 Å². The van der Waals surface area contributed by atoms with E-state index in [4.69, 9.17) is 9.47 Å². The van der Waals surface area contributed by atoms with Crippen molar-refractivity contribution in [2.24, 2.45) is 0 Å². The Hall–Kier alpha value is -3.52. The molecule has 0 heterocycles. The SMILES string of the molecule is COc1ccccc1NS(=O)(=O)c1cccc(NC(=O)COc2ccccc2C)c1. The van der Waals surface area contributed by atoms with E-state index in [-0.39, 0.29) is 11.5 Å². The Balaban J connectivity index is 1.69. The zero-order valence-corrected chi connectivity index (χ0v) is 17.4. The van der Waals surface area contributed by atoms with Gasteiger partial charge in [0.2, 0.25) is 0 Å². The predicted octanol–water partition coefficient (Wildman–Crippen LogP) is 3.82. The van der Waals surface area contributed by atoms with Crippen LogP contribution in [0.25, 0.3) is 0 Å². The number of rotatable bonds is 8. The lowest BCUT2D eigenvalue weighted by atomic mass is 10.2. The Morgan fingerprint density at radius 3 is 2.37 bits per heavy atom. The van der Waals surface area contributed by atoms with Gasteiger partial charge in [-0.15, -0.1) is 0 Å². The molecule has 0 fully saturated rings. The second-order valence-corrected chi connectivity index (χ2v) is 8.12. The molecule has 0 atom stereocenters. The second-order valence-electron chi connectivity index (χ2n) is 6.44. The van der Waals surface area contributed by atoms with Gasteiger partial charge in [-0.05, 0) is 48.9 Å². The number of nitrogens with one attached hydrogen (secondary N) is 2. The molecule has 3 aromatic carbocycles. The Morgan fingerprint density at radius 1 is 0.933 bits per heavy atom. The zero-order chi connectivity index (χ0) is 21.6. The third kappa shape index (κ3) is 5.30. The molecule has 3 aromatic rings. The van der Waals surface area contributed by atoms with E-state index < -0.39 is 15.9 Å². The summed E-state index contributed by atoms with van der Waals surface area (Å²) in [7, 11) is -2.42. The molecule has 7 nitrogen and oxygen atoms in total. The first-order valence-corrected chi connectivity index (χ1v) is 10.6. The molecule has 0 bridgehead atoms. The lowest BCUT2D eigenvalue weighted by molar-refractivity contribution is -0.118. The van der Waals surface area contributed by atoms with Gasteiger partial charge in [0.1, 0.15) is 11.5 Å². The van der Waals surface area contributed by atoms with E-state index in [9.17, 15) is 13.2 Å². The van der Waals surface area contributed by atoms with Crippen LogP contribution in [0, 0.1) is 6.92 Å². The van der Waals surface area contributed by atoms with Crippen molar-refractivity contribution in [1.82, 2.24) is 0 Å². The smallest absolute Gasteiger partial charge is 0.262 e. The summed E-state index contributed by atoms with van der Waals surface area (Å²) in [6.07, 6.45) is 0. The lowest BCUT2D eigenvalue weighted by Gasteiger charge is -2.13. The molecule has 0 unspecified atom stereocenters. The van der Waals surface area contributed by atoms with Gasteiger partial charge in [-0.25, -0.2) is 8.42 Å². The molecular weight excluding hydrogens is 404 g/mol. The molecule has 2 N–H and O–H groups in total. The van der Waals surface area contributed by atoms with E-state index in [2.05, 4.69) is 10.0 Å². The summed E-state index contributed by atoms with van der Waals surface area (Å²) in [5.74, 6) is 0.620. The predicted molar refractivity (Wildman–Crippen MR) is 116 cm³/mol. The van der Waals surface area contributed by atoms with E-state index in [0.717, 1.165) is 5.56 Å². The summed E-state index contributed by atoms with van der Waals surface area (Å²) in [5, 5.41) is 2.65. The molecular formula is C22H22N2O5S. The number of aryl methyl sites for hydroxylation is 1. The molecule has 156 valence electrons. The van der Waals surface area contributed by atoms with E-state index in [0.29, 0.717) is 22.9 Å². The van der Waals surface area contributed by atoms with Gasteiger partial charge in [0.15, 0.2) is 6.61 Å². The first-order chi connectivity index (χ1) is 14.4. The highest BCUT2D eigenvalue weighted by molar-refractivity contribution is 7.92. The fourth-order valence-electron chi connectivity index (χ4n) is 2.73. The van der Waals surface area contributed by atoms with Crippen molar-refractivity contribution in [2.45, 2.75) is 11.8 Å². The topological polar surface area (TPSA) is 93.7 Å². The number of hydrogen-bond donors (Lipinski definition) is 2. The fourth-order valence-corrected chi connectivity index (χ4v) is 3.85. The monoisotopic (exact) mass is 426 g/mol. The number of para-hydroxylation sites is 3. The number of benzene rings is 3. The van der Waals surface area contributed by atoms with Crippen molar-refractivity contribution in [2.75, 3.05) is 23.8 Å². The number of carbonyl (C=O) groups excluding carboxylic acids is 1. The van der Waals surface area contributed by atoms with E-state index in [1.54, 1.807) is 42.5 Å². The van der Waals surface area contributed by atoms with Crippen molar-refractivity contribution in [3.8, 4) is 11.5 Å². The minimum absolute atomic E-state index is 0.00558. The van der Waals surface area contributed by atoms with Crippen molar-refractivity contribution in [3.05, 3.63) is 78.4 Å². The quantitative estimate of drug-likeness (QED) is 0.571. The maximum atomic E-state index is 12.8. The van der Waals surface area contributed by atoms with E-state index in [1.165, 1.54) is 19.2 Å². The number of anilines is 2. The second kappa shape index (κ2) is 9.32. The van der Waals surface area contributed by atoms with Gasteiger partial charge >= 0.3 is 0 Å². The average Bonchev–Trinajstić information content (AvgIpc) is 2.73. The molecule has 0 saturated carbocycles. The Kier molecular flexibility index (Phi) is 6.58. The molecule has 8 heteroatoms. The molecule has 0 aliphatic heterocycles. The summed E-state index contributed by atoms with van der Waals surface area (Å²) in [4.78, 5) is 12.2. The number of carbonyl (C=O) groups is 1. The third-order valence-corrected chi connectivity index (χ3v) is 5.59. The molecule has 0 aliphatic carbocycles. The van der Waals surface area contributed by atoms with Crippen LogP contribution < -0.4 is 19.5 Å². The van der Waals surface area contributed by atoms with Gasteiger partial charge in [-0.3, -0.25) is 9.52 Å². The van der Waals surface area contributed by atoms with Gasteiger partial charge in [0, 0.05) is 5.69 Å². The Bertz CT molecular complexity index is 1150. The summed E-state index contributed by atoms with van der Waals surface area (Å²) in [5.41, 5.74) is 1.58. The van der Waals surface area contributed by atoms with Gasteiger partial charge in [0.25, 0.3) is 15.9 Å². The van der Waals surface area contributed by atoms with Crippen LogP contribution in [0.15, 0.2) is 77.7 Å². The average molecular weight is 426 g/mol. The fraction of sp³-hybridized carbons (Fsp3) is 0.136. The van der Waals surface area contributed by atoms with Crippen LogP contribution in [0.1, 0.15) is 5.56 Å². The zero-order valence-electron chi connectivity index (χ0n) is 16.6. The normalized spacial score (nSPS) is 10.9. The van der Waals surface area contributed by atoms with Crippen molar-refractivity contribution < 1.29 is 22.7 Å². The Labute approximate surface area is 175 Å². The number of amides is 1. The number of sulfonamides is 1. The van der Waals surface area contributed by atoms with Gasteiger partial charge in [-0.1, -0.05) is 36.4 Å². The van der Waals surface area contributed by atoms with Gasteiger partial charge < -0.3 is 14.8 Å². The highest BCUT2D eigenvalue weighted by atomic mass is 32.2. The molecule has 0 spiro atoms. The summed E-state index contributed by atoms with van der Waals surface area (Å²) in [6, 6.07) is 20.0. The number of methoxy groups -OCH3 is 1. The van der Waals surface area contributed by atoms with E-state index >= 15 is 0 Å². The molecule has 1 amide bonds. The minimum atomic E-state index is -3.88. The third-order valence-electron chi connectivity index (χ3n) is 4.23. The standard InChI is InChI=1S/C22H22N2O5S/c1-16-8-3-5-12-20(16)29-15-22(25)23-17-9-7-10-18(14-17)30(26,27)24-19-11-4-6-13-21(19)28-2/h3-14,24H,15H2,1-2H3,(H,23,25). The molecule has 0 aromatic heterocycles. The summed E-state index contributed by atoms with van der Waals surface area (Å²) < 4.78 is 38.7. The minimum Gasteiger partial charge on any atom is -0.495 e. The first kappa shape index (κ1) is 21.2. The lowest BCUT2D eigenvalue weighted by Crippen LogP contribution is -2.21. The van der Waals surface area contributed by atoms with Crippen LogP contribution in [0.4, 0.5) is 11.4 Å². The maximum Gasteiger partial charge on any atom is 0.262 e. The highest BCUT2D eigenvalue weighted by Crippen LogP contribution is 2.27. The van der Waals surface area contributed by atoms with Crippen molar-refractivity contribution >= 4 is 27.3 Å². The highest BCUT2D eigenvalue weighted by Gasteiger charge is 2.17. The van der Waals surface area contributed by atoms with Crippen LogP contribution >= 0.6 is 0 Å². The Morgan fingerprint density at radius 2 is 1.63 bits per heavy atom. The van der Waals surface area contributed by atoms with Crippen LogP contribution in [0.2, 0.25) is 0 Å². The van der Waals surface area contributed by atoms with Crippen LogP contribution in [0.5, 0.6) is 11.5 Å². The van der Waals surface area contributed by atoms with E-state index in [1.807, 2.05) is 25.1 Å².